The molecule has 3 saturated heterocycles. The number of piperazine rings is 2. The van der Waals surface area contributed by atoms with E-state index in [1.807, 2.05) is 78.7 Å². The summed E-state index contributed by atoms with van der Waals surface area (Å²) < 4.78 is 11.3. The molecule has 0 radical (unpaired) electrons. The van der Waals surface area contributed by atoms with E-state index in [9.17, 15) is 4.79 Å². The highest BCUT2D eigenvalue weighted by molar-refractivity contribution is 6.31. The van der Waals surface area contributed by atoms with Crippen LogP contribution in [0.2, 0.25) is 5.02 Å². The summed E-state index contributed by atoms with van der Waals surface area (Å²) >= 11 is 6.57. The molecule has 9 heterocycles. The molecule has 1 amide bonds. The zero-order valence-electron chi connectivity index (χ0n) is 44.6. The first-order valence-electron chi connectivity index (χ1n) is 26.6. The van der Waals surface area contributed by atoms with Gasteiger partial charge in [0.25, 0.3) is 12.1 Å². The molecule has 18 nitrogen and oxygen atoms in total. The molecule has 3 fully saturated rings. The Morgan fingerprint density at radius 3 is 1.97 bits per heavy atom. The molecule has 0 N–H and O–H groups in total. The molecule has 78 heavy (non-hydrogen) atoms. The van der Waals surface area contributed by atoms with Crippen molar-refractivity contribution in [3.8, 4) is 27.9 Å². The Morgan fingerprint density at radius 2 is 1.31 bits per heavy atom. The van der Waals surface area contributed by atoms with Crippen molar-refractivity contribution in [1.29, 1.82) is 0 Å². The fourth-order valence-electron chi connectivity index (χ4n) is 11.0. The third-order valence-electron chi connectivity index (χ3n) is 15.6. The van der Waals surface area contributed by atoms with E-state index in [0.29, 0.717) is 41.5 Å². The van der Waals surface area contributed by atoms with Crippen molar-refractivity contribution >= 4 is 85.5 Å². The van der Waals surface area contributed by atoms with E-state index in [4.69, 9.17) is 41.4 Å². The third kappa shape index (κ3) is 9.12. The second-order valence-electron chi connectivity index (χ2n) is 21.7. The maximum absolute atomic E-state index is 12.9. The number of anilines is 6. The highest BCUT2D eigenvalue weighted by Gasteiger charge is 2.32. The number of hydrogen-bond acceptors (Lipinski definition) is 14. The van der Waals surface area contributed by atoms with Crippen molar-refractivity contribution in [3.63, 3.8) is 0 Å². The van der Waals surface area contributed by atoms with Gasteiger partial charge in [-0.3, -0.25) is 14.1 Å². The number of aryl methyl sites for hydroxylation is 1. The van der Waals surface area contributed by atoms with Gasteiger partial charge in [0.1, 0.15) is 29.3 Å². The van der Waals surface area contributed by atoms with Crippen molar-refractivity contribution in [2.75, 3.05) is 99.3 Å². The first-order chi connectivity index (χ1) is 37.8. The maximum Gasteiger partial charge on any atom is 0.365 e. The van der Waals surface area contributed by atoms with Gasteiger partial charge in [0, 0.05) is 123 Å². The van der Waals surface area contributed by atoms with E-state index in [1.165, 1.54) is 0 Å². The van der Waals surface area contributed by atoms with Crippen LogP contribution in [0, 0.1) is 12.3 Å². The van der Waals surface area contributed by atoms with Gasteiger partial charge in [-0.2, -0.15) is 14.4 Å². The lowest BCUT2D eigenvalue weighted by Crippen LogP contribution is -2.56. The second-order valence-corrected chi connectivity index (χ2v) is 22.2. The number of fused-ring (bicyclic) bond motifs is 6. The highest BCUT2D eigenvalue weighted by atomic mass is 35.5. The number of benzene rings is 4. The second kappa shape index (κ2) is 19.6. The van der Waals surface area contributed by atoms with Crippen LogP contribution in [0.5, 0.6) is 0 Å². The largest absolute Gasteiger partial charge is 0.378 e. The van der Waals surface area contributed by atoms with Gasteiger partial charge in [0.2, 0.25) is 5.91 Å². The van der Waals surface area contributed by atoms with Gasteiger partial charge in [0.05, 0.1) is 30.2 Å². The molecule has 0 unspecified atom stereocenters. The minimum Gasteiger partial charge on any atom is -0.378 e. The van der Waals surface area contributed by atoms with Gasteiger partial charge in [-0.25, -0.2) is 9.97 Å². The zero-order valence-corrected chi connectivity index (χ0v) is 45.4. The Bertz CT molecular complexity index is 3910. The Morgan fingerprint density at radius 1 is 0.667 bits per heavy atom. The minimum atomic E-state index is -0.391. The summed E-state index contributed by atoms with van der Waals surface area (Å²) in [6.45, 7) is 16.4. The van der Waals surface area contributed by atoms with Crippen molar-refractivity contribution < 1.29 is 14.2 Å². The van der Waals surface area contributed by atoms with Crippen LogP contribution in [0.15, 0.2) is 128 Å². The number of halogens is 1. The summed E-state index contributed by atoms with van der Waals surface area (Å²) in [5.74, 6) is 4.53. The molecule has 6 aromatic heterocycles. The lowest BCUT2D eigenvalue weighted by Gasteiger charge is -2.42. The summed E-state index contributed by atoms with van der Waals surface area (Å²) in [6.07, 6.45) is 7.58. The quantitative estimate of drug-likeness (QED) is 0.120. The number of aromatic nitrogens is 10. The first kappa shape index (κ1) is 49.3. The molecule has 19 heteroatoms. The van der Waals surface area contributed by atoms with Crippen LogP contribution >= 0.6 is 11.6 Å². The Hall–Kier alpha value is -8.32. The van der Waals surface area contributed by atoms with Crippen LogP contribution in [-0.4, -0.2) is 145 Å². The molecule has 13 rings (SSSR count). The number of rotatable bonds is 10. The standard InChI is InChI=1S/C59H60ClN16O2/c1-38-10-14-48-50(26-38)75-37-76(67-58(75)65-55(48)68(5)44-9-7-8-39(27-44)40-11-16-52(61-32-40)72-22-24-73(25-23-72)56(77)59(2,3)4)46-29-42(41-12-17-53(62-33-41)71-20-18-70(19-21-71)47-34-78-35-47)28-45(31-46)69(6)54-49-15-13-43(60)30-51(49)74-36-63-66-57(74)64-54/h7-17,26-33,36-37,47H,18-25,34-35H2,1-6H3/q+1. The Kier molecular flexibility index (Phi) is 12.4. The van der Waals surface area contributed by atoms with Crippen molar-refractivity contribution in [2.45, 2.75) is 33.7 Å². The van der Waals surface area contributed by atoms with Crippen molar-refractivity contribution in [3.05, 3.63) is 139 Å². The predicted molar refractivity (Wildman–Crippen MR) is 306 cm³/mol. The van der Waals surface area contributed by atoms with E-state index in [2.05, 4.69) is 138 Å². The van der Waals surface area contributed by atoms with Crippen LogP contribution in [-0.2, 0) is 9.53 Å². The number of ether oxygens (including phenoxy) is 1. The van der Waals surface area contributed by atoms with Gasteiger partial charge in [-0.15, -0.1) is 10.2 Å². The van der Waals surface area contributed by atoms with E-state index in [-0.39, 0.29) is 5.91 Å². The molecule has 0 spiro atoms. The summed E-state index contributed by atoms with van der Waals surface area (Å²) in [4.78, 5) is 46.6. The lowest BCUT2D eigenvalue weighted by atomic mass is 9.94. The van der Waals surface area contributed by atoms with Crippen LogP contribution in [0.4, 0.5) is 34.6 Å². The number of amides is 1. The van der Waals surface area contributed by atoms with Crippen LogP contribution in [0.25, 0.3) is 61.3 Å². The smallest absolute Gasteiger partial charge is 0.365 e. The highest BCUT2D eigenvalue weighted by Crippen LogP contribution is 2.37. The van der Waals surface area contributed by atoms with E-state index >= 15 is 0 Å². The van der Waals surface area contributed by atoms with Crippen LogP contribution in [0.3, 0.4) is 0 Å². The summed E-state index contributed by atoms with van der Waals surface area (Å²) in [5, 5.41) is 16.2. The molecule has 3 aliphatic heterocycles. The molecule has 4 aromatic carbocycles. The summed E-state index contributed by atoms with van der Waals surface area (Å²) in [5.41, 5.74) is 9.15. The van der Waals surface area contributed by atoms with E-state index in [0.717, 1.165) is 137 Å². The van der Waals surface area contributed by atoms with Gasteiger partial charge in [-0.05, 0) is 108 Å². The monoisotopic (exact) mass is 1060 g/mol. The minimum absolute atomic E-state index is 0.191. The topological polar surface area (TPSA) is 149 Å². The summed E-state index contributed by atoms with van der Waals surface area (Å²) in [6, 6.07) is 36.2. The molecule has 0 saturated carbocycles. The van der Waals surface area contributed by atoms with Crippen molar-refractivity contribution in [1.82, 2.24) is 53.8 Å². The molecule has 0 aliphatic carbocycles. The number of pyridine rings is 2. The fraction of sp³-hybridized carbons (Fsp3) is 0.305. The van der Waals surface area contributed by atoms with Crippen molar-refractivity contribution in [2.24, 2.45) is 5.41 Å². The molecule has 0 bridgehead atoms. The lowest BCUT2D eigenvalue weighted by molar-refractivity contribution is -0.655. The first-order valence-corrected chi connectivity index (χ1v) is 26.9. The van der Waals surface area contributed by atoms with Gasteiger partial charge in [-0.1, -0.05) is 55.3 Å². The number of nitrogens with zero attached hydrogens (tertiary/aromatic N) is 16. The Balaban J connectivity index is 0.842. The average Bonchev–Trinajstić information content (AvgIpc) is 4.28. The molecule has 3 aliphatic rings. The van der Waals surface area contributed by atoms with E-state index < -0.39 is 5.41 Å². The Labute approximate surface area is 456 Å². The molecule has 10 aromatic rings. The van der Waals surface area contributed by atoms with Crippen LogP contribution < -0.4 is 24.3 Å². The van der Waals surface area contributed by atoms with E-state index in [1.54, 1.807) is 6.33 Å². The third-order valence-corrected chi connectivity index (χ3v) is 15.8. The summed E-state index contributed by atoms with van der Waals surface area (Å²) in [7, 11) is 4.07. The zero-order chi connectivity index (χ0) is 53.4. The van der Waals surface area contributed by atoms with Gasteiger partial charge in [0.15, 0.2) is 11.5 Å². The number of carbonyl (C=O) groups is 1. The van der Waals surface area contributed by atoms with Gasteiger partial charge >= 0.3 is 5.78 Å². The fourth-order valence-corrected chi connectivity index (χ4v) is 11.2. The molecule has 394 valence electrons. The normalized spacial score (nSPS) is 15.7. The number of carbonyl (C=O) groups excluding carboxylic acids is 1. The number of hydrogen-bond donors (Lipinski definition) is 0. The van der Waals surface area contributed by atoms with Crippen LogP contribution in [0.1, 0.15) is 26.3 Å². The van der Waals surface area contributed by atoms with Gasteiger partial charge < -0.3 is 29.2 Å². The average molecular weight is 1060 g/mol. The molecular formula is C59H60ClN16O2+. The predicted octanol–water partition coefficient (Wildman–Crippen LogP) is 8.59. The molecule has 0 atom stereocenters. The maximum atomic E-state index is 12.9. The molecular weight excluding hydrogens is 1000 g/mol. The SMILES string of the molecule is Cc1ccc2c(N(C)c3cccc(-c4ccc(N5CCN(C(=O)C(C)(C)C)CC5)nc4)c3)nc3n[n+](-c4cc(-c5ccc(N6CCN(C7COC7)CC6)nc5)cc(N(C)c5nc6nncn6c6cc(Cl)ccc56)c4)cn3c2c1.